The summed E-state index contributed by atoms with van der Waals surface area (Å²) in [6.45, 7) is 9.89. The topological polar surface area (TPSA) is 38.3 Å². The Hall–Kier alpha value is -0.280. The Labute approximate surface area is 97.5 Å². The van der Waals surface area contributed by atoms with E-state index in [4.69, 9.17) is 16.3 Å². The highest BCUT2D eigenvalue weighted by Crippen LogP contribution is 2.07. The Morgan fingerprint density at radius 1 is 1.40 bits per heavy atom. The SMILES string of the molecule is CC(C)C(CCl)NC(=O)COC(C)(C)C. The molecule has 0 aliphatic heterocycles. The molecule has 0 aliphatic rings. The molecule has 4 heteroatoms. The molecule has 1 amide bonds. The second-order valence-electron chi connectivity index (χ2n) is 4.97. The summed E-state index contributed by atoms with van der Waals surface area (Å²) in [5.74, 6) is 0.657. The average molecular weight is 236 g/mol. The molecule has 15 heavy (non-hydrogen) atoms. The molecule has 0 saturated carbocycles. The molecule has 0 bridgehead atoms. The standard InChI is InChI=1S/C11H22ClNO2/c1-8(2)9(6-12)13-10(14)7-15-11(3,4)5/h8-9H,6-7H2,1-5H3,(H,13,14). The van der Waals surface area contributed by atoms with E-state index in [-0.39, 0.29) is 24.2 Å². The number of ether oxygens (including phenoxy) is 1. The minimum absolute atomic E-state index is 0.0164. The molecule has 0 rings (SSSR count). The third-order valence-corrected chi connectivity index (χ3v) is 2.29. The molecule has 1 atom stereocenters. The predicted octanol–water partition coefficient (Wildman–Crippen LogP) is 2.18. The van der Waals surface area contributed by atoms with E-state index in [0.717, 1.165) is 0 Å². The normalized spacial score (nSPS) is 14.1. The maximum absolute atomic E-state index is 11.5. The van der Waals surface area contributed by atoms with Crippen LogP contribution in [0.5, 0.6) is 0 Å². The zero-order valence-corrected chi connectivity index (χ0v) is 11.0. The van der Waals surface area contributed by atoms with Crippen LogP contribution in [0.15, 0.2) is 0 Å². The molecule has 0 aromatic heterocycles. The van der Waals surface area contributed by atoms with Crippen LogP contribution in [0.1, 0.15) is 34.6 Å². The Bertz CT molecular complexity index is 199. The van der Waals surface area contributed by atoms with Crippen molar-refractivity contribution in [3.63, 3.8) is 0 Å². The first-order valence-corrected chi connectivity index (χ1v) is 5.79. The molecule has 0 saturated heterocycles. The fourth-order valence-electron chi connectivity index (χ4n) is 0.914. The lowest BCUT2D eigenvalue weighted by molar-refractivity contribution is -0.131. The maximum Gasteiger partial charge on any atom is 0.246 e. The number of amides is 1. The van der Waals surface area contributed by atoms with E-state index < -0.39 is 0 Å². The molecule has 0 heterocycles. The molecule has 3 nitrogen and oxygen atoms in total. The Morgan fingerprint density at radius 3 is 2.27 bits per heavy atom. The molecule has 1 N–H and O–H groups in total. The van der Waals surface area contributed by atoms with Crippen molar-refractivity contribution >= 4 is 17.5 Å². The minimum Gasteiger partial charge on any atom is -0.366 e. The summed E-state index contributed by atoms with van der Waals surface area (Å²) in [4.78, 5) is 11.5. The van der Waals surface area contributed by atoms with Crippen molar-refractivity contribution in [2.45, 2.75) is 46.3 Å². The lowest BCUT2D eigenvalue weighted by Crippen LogP contribution is -2.42. The molecular formula is C11H22ClNO2. The Morgan fingerprint density at radius 2 is 1.93 bits per heavy atom. The largest absolute Gasteiger partial charge is 0.366 e. The summed E-state index contributed by atoms with van der Waals surface area (Å²) in [7, 11) is 0. The Balaban J connectivity index is 3.92. The van der Waals surface area contributed by atoms with Gasteiger partial charge in [-0.3, -0.25) is 4.79 Å². The fourth-order valence-corrected chi connectivity index (χ4v) is 1.35. The van der Waals surface area contributed by atoms with Crippen LogP contribution < -0.4 is 5.32 Å². The number of carbonyl (C=O) groups excluding carboxylic acids is 1. The van der Waals surface area contributed by atoms with Gasteiger partial charge in [-0.15, -0.1) is 11.6 Å². The third kappa shape index (κ3) is 7.63. The van der Waals surface area contributed by atoms with Crippen molar-refractivity contribution in [3.8, 4) is 0 Å². The van der Waals surface area contributed by atoms with E-state index in [1.165, 1.54) is 0 Å². The minimum atomic E-state index is -0.286. The van der Waals surface area contributed by atoms with Gasteiger partial charge in [0.25, 0.3) is 0 Å². The van der Waals surface area contributed by atoms with Crippen LogP contribution in [0.2, 0.25) is 0 Å². The quantitative estimate of drug-likeness (QED) is 0.742. The van der Waals surface area contributed by atoms with Crippen molar-refractivity contribution in [1.29, 1.82) is 0 Å². The zero-order valence-electron chi connectivity index (χ0n) is 10.3. The van der Waals surface area contributed by atoms with E-state index in [1.807, 2.05) is 34.6 Å². The number of nitrogens with one attached hydrogen (secondary N) is 1. The van der Waals surface area contributed by atoms with E-state index >= 15 is 0 Å². The van der Waals surface area contributed by atoms with Gasteiger partial charge in [0.05, 0.1) is 5.60 Å². The molecular weight excluding hydrogens is 214 g/mol. The van der Waals surface area contributed by atoms with Gasteiger partial charge in [0.2, 0.25) is 5.91 Å². The monoisotopic (exact) mass is 235 g/mol. The number of halogens is 1. The van der Waals surface area contributed by atoms with Crippen LogP contribution >= 0.6 is 11.6 Å². The third-order valence-electron chi connectivity index (χ3n) is 1.95. The molecule has 90 valence electrons. The van der Waals surface area contributed by atoms with Crippen molar-refractivity contribution in [3.05, 3.63) is 0 Å². The van der Waals surface area contributed by atoms with Gasteiger partial charge in [0.1, 0.15) is 6.61 Å². The van der Waals surface area contributed by atoms with Crippen LogP contribution in [0.25, 0.3) is 0 Å². The fraction of sp³-hybridized carbons (Fsp3) is 0.909. The summed E-state index contributed by atoms with van der Waals surface area (Å²) < 4.78 is 5.36. The first-order valence-electron chi connectivity index (χ1n) is 5.25. The smallest absolute Gasteiger partial charge is 0.246 e. The molecule has 0 aromatic rings. The van der Waals surface area contributed by atoms with Gasteiger partial charge in [-0.05, 0) is 26.7 Å². The number of alkyl halides is 1. The summed E-state index contributed by atoms with van der Waals surface area (Å²) in [5.41, 5.74) is -0.286. The summed E-state index contributed by atoms with van der Waals surface area (Å²) in [5, 5.41) is 2.84. The van der Waals surface area contributed by atoms with Gasteiger partial charge < -0.3 is 10.1 Å². The van der Waals surface area contributed by atoms with Crippen LogP contribution in [0.3, 0.4) is 0 Å². The van der Waals surface area contributed by atoms with Crippen LogP contribution in [-0.4, -0.2) is 30.0 Å². The first kappa shape index (κ1) is 14.7. The van der Waals surface area contributed by atoms with Gasteiger partial charge >= 0.3 is 0 Å². The van der Waals surface area contributed by atoms with Gasteiger partial charge in [-0.25, -0.2) is 0 Å². The highest BCUT2D eigenvalue weighted by atomic mass is 35.5. The van der Waals surface area contributed by atoms with E-state index in [0.29, 0.717) is 11.8 Å². The van der Waals surface area contributed by atoms with E-state index in [1.54, 1.807) is 0 Å². The molecule has 0 aliphatic carbocycles. The van der Waals surface area contributed by atoms with Crippen LogP contribution in [0, 0.1) is 5.92 Å². The number of hydrogen-bond acceptors (Lipinski definition) is 2. The zero-order chi connectivity index (χ0) is 12.1. The summed E-state index contributed by atoms with van der Waals surface area (Å²) in [6.07, 6.45) is 0. The predicted molar refractivity (Wildman–Crippen MR) is 63.2 cm³/mol. The molecule has 0 fully saturated rings. The Kier molecular flexibility index (Phi) is 6.22. The van der Waals surface area contributed by atoms with E-state index in [9.17, 15) is 4.79 Å². The first-order chi connectivity index (χ1) is 6.76. The highest BCUT2D eigenvalue weighted by molar-refractivity contribution is 6.18. The summed E-state index contributed by atoms with van der Waals surface area (Å²) >= 11 is 5.74. The number of rotatable bonds is 5. The van der Waals surface area contributed by atoms with Gasteiger partial charge in [-0.2, -0.15) is 0 Å². The van der Waals surface area contributed by atoms with Crippen molar-refractivity contribution < 1.29 is 9.53 Å². The molecule has 0 aromatic carbocycles. The van der Waals surface area contributed by atoms with Crippen molar-refractivity contribution in [2.24, 2.45) is 5.92 Å². The van der Waals surface area contributed by atoms with Crippen molar-refractivity contribution in [1.82, 2.24) is 5.32 Å². The summed E-state index contributed by atoms with van der Waals surface area (Å²) in [6, 6.07) is 0.0164. The average Bonchev–Trinajstić information content (AvgIpc) is 2.09. The molecule has 0 radical (unpaired) electrons. The van der Waals surface area contributed by atoms with Crippen LogP contribution in [0.4, 0.5) is 0 Å². The second-order valence-corrected chi connectivity index (χ2v) is 5.28. The van der Waals surface area contributed by atoms with Gasteiger partial charge in [0, 0.05) is 11.9 Å². The van der Waals surface area contributed by atoms with Crippen molar-refractivity contribution in [2.75, 3.05) is 12.5 Å². The van der Waals surface area contributed by atoms with Crippen LogP contribution in [-0.2, 0) is 9.53 Å². The molecule has 0 spiro atoms. The highest BCUT2D eigenvalue weighted by Gasteiger charge is 2.17. The lowest BCUT2D eigenvalue weighted by atomic mass is 10.1. The molecule has 1 unspecified atom stereocenters. The lowest BCUT2D eigenvalue weighted by Gasteiger charge is -2.22. The second kappa shape index (κ2) is 6.33. The van der Waals surface area contributed by atoms with E-state index in [2.05, 4.69) is 5.32 Å². The maximum atomic E-state index is 11.5. The number of hydrogen-bond donors (Lipinski definition) is 1. The number of carbonyl (C=O) groups is 1. The van der Waals surface area contributed by atoms with Gasteiger partial charge in [0.15, 0.2) is 0 Å². The van der Waals surface area contributed by atoms with Gasteiger partial charge in [-0.1, -0.05) is 13.8 Å².